The third kappa shape index (κ3) is 2.83. The van der Waals surface area contributed by atoms with Crippen molar-refractivity contribution in [3.63, 3.8) is 0 Å². The fourth-order valence-corrected chi connectivity index (χ4v) is 2.32. The van der Waals surface area contributed by atoms with Gasteiger partial charge >= 0.3 is 110 Å². The summed E-state index contributed by atoms with van der Waals surface area (Å²) in [4.78, 5) is 15.3. The molecule has 90 valence electrons. The number of imidazole rings is 1. The molecule has 0 fully saturated rings. The van der Waals surface area contributed by atoms with Crippen molar-refractivity contribution in [3.05, 3.63) is 48.0 Å². The van der Waals surface area contributed by atoms with Crippen molar-refractivity contribution in [3.8, 4) is 5.69 Å². The van der Waals surface area contributed by atoms with Gasteiger partial charge in [0.2, 0.25) is 0 Å². The van der Waals surface area contributed by atoms with Crippen LogP contribution in [-0.4, -0.2) is 15.5 Å². The fraction of sp³-hybridized carbons (Fsp3) is 0.0909. The molecule has 6 heteroatoms. The molecule has 0 saturated carbocycles. The van der Waals surface area contributed by atoms with Gasteiger partial charge in [-0.2, -0.15) is 0 Å². The summed E-state index contributed by atoms with van der Waals surface area (Å²) < 4.78 is 8.28. The van der Waals surface area contributed by atoms with Crippen LogP contribution in [0.1, 0.15) is 16.1 Å². The van der Waals surface area contributed by atoms with E-state index >= 15 is 0 Å². The van der Waals surface area contributed by atoms with Crippen molar-refractivity contribution in [1.82, 2.24) is 9.55 Å². The molecule has 1 heterocycles. The SMILES string of the molecule is N[I-]Cc1cn(-c2cccc(C(N)=O)c2)cn1. The van der Waals surface area contributed by atoms with E-state index in [2.05, 4.69) is 4.98 Å². The third-order valence-electron chi connectivity index (χ3n) is 2.28. The molecule has 0 unspecified atom stereocenters. The van der Waals surface area contributed by atoms with Gasteiger partial charge in [-0.25, -0.2) is 0 Å². The van der Waals surface area contributed by atoms with Gasteiger partial charge in [0.15, 0.2) is 0 Å². The van der Waals surface area contributed by atoms with Gasteiger partial charge in [0.05, 0.1) is 0 Å². The zero-order valence-corrected chi connectivity index (χ0v) is 11.2. The van der Waals surface area contributed by atoms with E-state index in [0.717, 1.165) is 15.8 Å². The number of carbonyl (C=O) groups is 1. The number of halogens is 1. The number of nitrogens with zero attached hydrogens (tertiary/aromatic N) is 2. The van der Waals surface area contributed by atoms with Gasteiger partial charge in [0.1, 0.15) is 0 Å². The number of carbonyl (C=O) groups excluding carboxylic acids is 1. The van der Waals surface area contributed by atoms with Gasteiger partial charge in [0, 0.05) is 0 Å². The average Bonchev–Trinajstić information content (AvgIpc) is 2.78. The van der Waals surface area contributed by atoms with E-state index in [0.29, 0.717) is 5.56 Å². The first-order valence-electron chi connectivity index (χ1n) is 4.91. The van der Waals surface area contributed by atoms with E-state index in [-0.39, 0.29) is 21.5 Å². The van der Waals surface area contributed by atoms with Crippen LogP contribution >= 0.6 is 0 Å². The normalized spacial score (nSPS) is 10.6. The number of nitrogens with two attached hydrogens (primary N) is 2. The van der Waals surface area contributed by atoms with Gasteiger partial charge < -0.3 is 0 Å². The van der Waals surface area contributed by atoms with Gasteiger partial charge in [-0.05, 0) is 0 Å². The molecule has 0 aliphatic carbocycles. The Morgan fingerprint density at radius 1 is 1.47 bits per heavy atom. The maximum atomic E-state index is 11.1. The Balaban J connectivity index is 2.32. The first-order chi connectivity index (χ1) is 8.20. The number of aromatic nitrogens is 2. The van der Waals surface area contributed by atoms with Crippen LogP contribution in [0, 0.1) is 0 Å². The molecule has 0 spiro atoms. The summed E-state index contributed by atoms with van der Waals surface area (Å²) in [6, 6.07) is 7.13. The van der Waals surface area contributed by atoms with Crippen LogP contribution in [0.4, 0.5) is 0 Å². The summed E-state index contributed by atoms with van der Waals surface area (Å²) in [6.45, 7) is 0. The van der Waals surface area contributed by atoms with Crippen molar-refractivity contribution in [2.45, 2.75) is 4.43 Å². The average molecular weight is 343 g/mol. The van der Waals surface area contributed by atoms with Crippen molar-refractivity contribution >= 4 is 5.91 Å². The molecule has 1 amide bonds. The Hall–Kier alpha value is -1.41. The van der Waals surface area contributed by atoms with Gasteiger partial charge in [-0.3, -0.25) is 0 Å². The molecule has 0 saturated heterocycles. The summed E-state index contributed by atoms with van der Waals surface area (Å²) >= 11 is -0.295. The summed E-state index contributed by atoms with van der Waals surface area (Å²) in [6.07, 6.45) is 3.64. The van der Waals surface area contributed by atoms with Crippen molar-refractivity contribution in [2.75, 3.05) is 0 Å². The van der Waals surface area contributed by atoms with E-state index in [1.165, 1.54) is 0 Å². The van der Waals surface area contributed by atoms with Gasteiger partial charge in [0.25, 0.3) is 0 Å². The number of benzene rings is 1. The molecule has 2 rings (SSSR count). The number of primary amides is 1. The molecule has 0 bridgehead atoms. The van der Waals surface area contributed by atoms with Crippen LogP contribution < -0.4 is 31.2 Å². The van der Waals surface area contributed by atoms with E-state index in [9.17, 15) is 4.79 Å². The van der Waals surface area contributed by atoms with E-state index in [1.54, 1.807) is 24.5 Å². The quantitative estimate of drug-likeness (QED) is 0.364. The van der Waals surface area contributed by atoms with Crippen LogP contribution in [0.2, 0.25) is 0 Å². The standard InChI is InChI=1S/C11H12IN4O/c13-11(17)8-2-1-3-10(4-8)16-6-9(5-12-14)15-7-16/h1-4,6-7H,5,14H2,(H2,13,17)/q-1. The number of hydrogen-bond donors (Lipinski definition) is 2. The second kappa shape index (κ2) is 5.28. The molecule has 4 N–H and O–H groups in total. The van der Waals surface area contributed by atoms with Crippen molar-refractivity contribution < 1.29 is 26.3 Å². The molecule has 0 atom stereocenters. The Morgan fingerprint density at radius 3 is 3.00 bits per heavy atom. The predicted molar refractivity (Wildman–Crippen MR) is 60.0 cm³/mol. The molecular weight excluding hydrogens is 331 g/mol. The van der Waals surface area contributed by atoms with Crippen LogP contribution in [0.3, 0.4) is 0 Å². The Morgan fingerprint density at radius 2 is 2.29 bits per heavy atom. The summed E-state index contributed by atoms with van der Waals surface area (Å²) in [5.41, 5.74) is 7.57. The Labute approximate surface area is 109 Å². The maximum absolute atomic E-state index is 11.1. The first-order valence-corrected chi connectivity index (χ1v) is 7.68. The van der Waals surface area contributed by atoms with Crippen molar-refractivity contribution in [2.24, 2.45) is 9.68 Å². The number of rotatable bonds is 4. The molecule has 0 aliphatic heterocycles. The monoisotopic (exact) mass is 343 g/mol. The number of alkyl halides is 1. The van der Waals surface area contributed by atoms with Gasteiger partial charge in [-0.1, -0.05) is 0 Å². The molecule has 5 nitrogen and oxygen atoms in total. The topological polar surface area (TPSA) is 86.9 Å². The van der Waals surface area contributed by atoms with Crippen LogP contribution in [-0.2, 0) is 4.43 Å². The van der Waals surface area contributed by atoms with E-state index in [1.807, 2.05) is 16.8 Å². The second-order valence-corrected chi connectivity index (χ2v) is 5.12. The van der Waals surface area contributed by atoms with Crippen LogP contribution in [0.25, 0.3) is 5.69 Å². The van der Waals surface area contributed by atoms with Crippen LogP contribution in [0.15, 0.2) is 36.8 Å². The van der Waals surface area contributed by atoms with Crippen molar-refractivity contribution in [1.29, 1.82) is 0 Å². The summed E-state index contributed by atoms with van der Waals surface area (Å²) in [5.74, 6) is -0.431. The number of amides is 1. The van der Waals surface area contributed by atoms with Crippen LogP contribution in [0.5, 0.6) is 0 Å². The number of hydrogen-bond acceptors (Lipinski definition) is 3. The third-order valence-corrected chi connectivity index (χ3v) is 3.50. The summed E-state index contributed by atoms with van der Waals surface area (Å²) in [7, 11) is 0. The molecule has 0 radical (unpaired) electrons. The Kier molecular flexibility index (Phi) is 3.75. The predicted octanol–water partition coefficient (Wildman–Crippen LogP) is -2.57. The zero-order chi connectivity index (χ0) is 12.3. The molecular formula is C11H12IN4O-. The van der Waals surface area contributed by atoms with E-state index < -0.39 is 5.91 Å². The summed E-state index contributed by atoms with van der Waals surface area (Å²) in [5, 5.41) is 0. The minimum atomic E-state index is -0.431. The first kappa shape index (κ1) is 12.1. The zero-order valence-electron chi connectivity index (χ0n) is 9.01. The molecule has 1 aromatic heterocycles. The molecule has 17 heavy (non-hydrogen) atoms. The van der Waals surface area contributed by atoms with Gasteiger partial charge in [-0.15, -0.1) is 0 Å². The molecule has 1 aromatic carbocycles. The fourth-order valence-electron chi connectivity index (χ4n) is 1.47. The van der Waals surface area contributed by atoms with E-state index in [4.69, 9.17) is 9.68 Å². The molecule has 0 aliphatic rings. The minimum absolute atomic E-state index is 0.295. The second-order valence-electron chi connectivity index (χ2n) is 3.47. The molecule has 2 aromatic rings. The Bertz CT molecular complexity index is 538.